The molecule has 0 aliphatic carbocycles. The number of carbonyl (C=O) groups is 2. The fraction of sp³-hybridized carbons (Fsp3) is 0.500. The molecule has 2 heterocycles. The van der Waals surface area contributed by atoms with Crippen molar-refractivity contribution in [1.82, 2.24) is 4.90 Å². The second kappa shape index (κ2) is 12.5. The van der Waals surface area contributed by atoms with E-state index in [1.54, 1.807) is 6.07 Å². The van der Waals surface area contributed by atoms with Crippen molar-refractivity contribution < 1.29 is 28.5 Å². The summed E-state index contributed by atoms with van der Waals surface area (Å²) in [5.74, 6) is -0.602. The molecule has 0 N–H and O–H groups in total. The second-order valence-electron chi connectivity index (χ2n) is 8.01. The first kappa shape index (κ1) is 24.9. The average Bonchev–Trinajstić information content (AvgIpc) is 2.89. The van der Waals surface area contributed by atoms with Crippen LogP contribution in [0.25, 0.3) is 21.2 Å². The molecule has 11 nitrogen and oxygen atoms in total. The fourth-order valence-electron chi connectivity index (χ4n) is 4.26. The monoisotopic (exact) mass is 483 g/mol. The lowest BCUT2D eigenvalue weighted by Crippen LogP contribution is -2.42. The van der Waals surface area contributed by atoms with E-state index < -0.39 is 0 Å². The van der Waals surface area contributed by atoms with Gasteiger partial charge in [-0.3, -0.25) is 14.5 Å². The zero-order valence-corrected chi connectivity index (χ0v) is 19.6. The number of azide groups is 1. The van der Waals surface area contributed by atoms with Gasteiger partial charge in [-0.05, 0) is 23.7 Å². The van der Waals surface area contributed by atoms with Crippen molar-refractivity contribution in [3.05, 3.63) is 51.9 Å². The summed E-state index contributed by atoms with van der Waals surface area (Å²) in [6.45, 7) is 5.41. The summed E-state index contributed by atoms with van der Waals surface area (Å²) in [5.41, 5.74) is 10.3. The van der Waals surface area contributed by atoms with E-state index in [1.807, 2.05) is 24.3 Å². The van der Waals surface area contributed by atoms with Crippen LogP contribution in [0.2, 0.25) is 0 Å². The van der Waals surface area contributed by atoms with Gasteiger partial charge in [0.1, 0.15) is 0 Å². The Balaban J connectivity index is 1.29. The van der Waals surface area contributed by atoms with Crippen molar-refractivity contribution in [1.29, 1.82) is 0 Å². The van der Waals surface area contributed by atoms with Gasteiger partial charge >= 0.3 is 0 Å². The molecular weight excluding hydrogens is 454 g/mol. The van der Waals surface area contributed by atoms with Gasteiger partial charge in [0, 0.05) is 52.1 Å². The van der Waals surface area contributed by atoms with Crippen LogP contribution in [0.3, 0.4) is 0 Å². The number of hydrogen-bond acceptors (Lipinski definition) is 8. The third-order valence-corrected chi connectivity index (χ3v) is 5.92. The first-order chi connectivity index (χ1) is 17.2. The van der Waals surface area contributed by atoms with Crippen molar-refractivity contribution in [2.45, 2.75) is 0 Å². The standard InChI is InChI=1S/C24H29N5O6/c25-27-26-6-10-32-14-16-35-17-15-34-13-9-29-23(30)19-3-1-2-18-21(28-7-11-33-12-8-28)5-4-20(22(18)19)24(29)31/h1-5H,6-17H2. The van der Waals surface area contributed by atoms with Crippen molar-refractivity contribution in [2.24, 2.45) is 5.11 Å². The van der Waals surface area contributed by atoms with Gasteiger partial charge in [-0.15, -0.1) is 0 Å². The van der Waals surface area contributed by atoms with E-state index in [0.29, 0.717) is 63.9 Å². The quantitative estimate of drug-likeness (QED) is 0.141. The molecule has 0 atom stereocenters. The summed E-state index contributed by atoms with van der Waals surface area (Å²) in [6, 6.07) is 9.40. The van der Waals surface area contributed by atoms with Gasteiger partial charge in [0.15, 0.2) is 0 Å². The van der Waals surface area contributed by atoms with E-state index in [9.17, 15) is 9.59 Å². The molecule has 2 amide bonds. The van der Waals surface area contributed by atoms with Crippen LogP contribution in [-0.4, -0.2) is 95.7 Å². The highest BCUT2D eigenvalue weighted by molar-refractivity contribution is 6.26. The number of rotatable bonds is 13. The molecule has 2 aliphatic rings. The van der Waals surface area contributed by atoms with Crippen molar-refractivity contribution in [2.75, 3.05) is 83.9 Å². The molecule has 0 saturated carbocycles. The normalized spacial score (nSPS) is 15.5. The molecule has 11 heteroatoms. The first-order valence-corrected chi connectivity index (χ1v) is 11.7. The Morgan fingerprint density at radius 1 is 0.886 bits per heavy atom. The number of ether oxygens (including phenoxy) is 4. The molecule has 2 aromatic carbocycles. The summed E-state index contributed by atoms with van der Waals surface area (Å²) < 4.78 is 21.7. The van der Waals surface area contributed by atoms with E-state index in [0.717, 1.165) is 29.5 Å². The molecular formula is C24H29N5O6. The first-order valence-electron chi connectivity index (χ1n) is 11.7. The lowest BCUT2D eigenvalue weighted by atomic mass is 9.92. The maximum absolute atomic E-state index is 13.2. The number of morpholine rings is 1. The van der Waals surface area contributed by atoms with Gasteiger partial charge in [0.2, 0.25) is 0 Å². The van der Waals surface area contributed by atoms with Crippen LogP contribution in [-0.2, 0) is 18.9 Å². The third kappa shape index (κ3) is 5.90. The predicted octanol–water partition coefficient (Wildman–Crippen LogP) is 2.63. The molecule has 35 heavy (non-hydrogen) atoms. The molecule has 0 unspecified atom stereocenters. The van der Waals surface area contributed by atoms with Crippen molar-refractivity contribution in [3.8, 4) is 0 Å². The smallest absolute Gasteiger partial charge is 0.261 e. The number of hydrogen-bond donors (Lipinski definition) is 0. The lowest BCUT2D eigenvalue weighted by molar-refractivity contribution is 0.0119. The Hall–Kier alpha value is -3.21. The Kier molecular flexibility index (Phi) is 8.88. The van der Waals surface area contributed by atoms with Gasteiger partial charge in [0.05, 0.1) is 59.4 Å². The maximum atomic E-state index is 13.2. The molecule has 0 radical (unpaired) electrons. The third-order valence-electron chi connectivity index (χ3n) is 5.92. The van der Waals surface area contributed by atoms with Crippen LogP contribution in [0, 0.1) is 0 Å². The Morgan fingerprint density at radius 2 is 1.54 bits per heavy atom. The highest BCUT2D eigenvalue weighted by Crippen LogP contribution is 2.36. The Morgan fingerprint density at radius 3 is 2.26 bits per heavy atom. The summed E-state index contributed by atoms with van der Waals surface area (Å²) in [5, 5.41) is 5.01. The number of carbonyl (C=O) groups excluding carboxylic acids is 2. The van der Waals surface area contributed by atoms with E-state index in [-0.39, 0.29) is 25.0 Å². The maximum Gasteiger partial charge on any atom is 0.261 e. The molecule has 0 bridgehead atoms. The minimum Gasteiger partial charge on any atom is -0.379 e. The number of benzene rings is 2. The zero-order chi connectivity index (χ0) is 24.5. The van der Waals surface area contributed by atoms with Gasteiger partial charge in [-0.1, -0.05) is 17.2 Å². The summed E-state index contributed by atoms with van der Waals surface area (Å²) in [4.78, 5) is 32.5. The number of imide groups is 1. The molecule has 2 aliphatic heterocycles. The highest BCUT2D eigenvalue weighted by Gasteiger charge is 2.33. The number of amides is 2. The van der Waals surface area contributed by atoms with Crippen molar-refractivity contribution >= 4 is 28.3 Å². The van der Waals surface area contributed by atoms with Crippen LogP contribution in [0.4, 0.5) is 5.69 Å². The molecule has 1 fully saturated rings. The summed E-state index contributed by atoms with van der Waals surface area (Å²) in [6.07, 6.45) is 0. The van der Waals surface area contributed by atoms with Gasteiger partial charge < -0.3 is 23.8 Å². The molecule has 4 rings (SSSR count). The van der Waals surface area contributed by atoms with Crippen molar-refractivity contribution in [3.63, 3.8) is 0 Å². The molecule has 186 valence electrons. The van der Waals surface area contributed by atoms with E-state index >= 15 is 0 Å². The minimum absolute atomic E-state index is 0.168. The predicted molar refractivity (Wildman–Crippen MR) is 129 cm³/mol. The second-order valence-corrected chi connectivity index (χ2v) is 8.01. The van der Waals surface area contributed by atoms with E-state index in [2.05, 4.69) is 14.9 Å². The summed E-state index contributed by atoms with van der Waals surface area (Å²) in [7, 11) is 0. The molecule has 1 saturated heterocycles. The van der Waals surface area contributed by atoms with Crippen LogP contribution in [0.1, 0.15) is 20.7 Å². The van der Waals surface area contributed by atoms with Crippen LogP contribution in [0.15, 0.2) is 35.4 Å². The number of anilines is 1. The Bertz CT molecular complexity index is 1070. The topological polar surface area (TPSA) is 126 Å². The number of nitrogens with zero attached hydrogens (tertiary/aromatic N) is 5. The van der Waals surface area contributed by atoms with Crippen LogP contribution < -0.4 is 4.90 Å². The molecule has 0 aromatic heterocycles. The average molecular weight is 484 g/mol. The molecule has 0 spiro atoms. The molecule has 2 aromatic rings. The highest BCUT2D eigenvalue weighted by atomic mass is 16.5. The minimum atomic E-state index is -0.301. The van der Waals surface area contributed by atoms with Crippen LogP contribution >= 0.6 is 0 Å². The SMILES string of the molecule is [N-]=[N+]=NCCOCCOCCOCCN1C(=O)c2cccc3c(N4CCOCC4)ccc(c23)C1=O. The van der Waals surface area contributed by atoms with E-state index in [1.165, 1.54) is 4.90 Å². The van der Waals surface area contributed by atoms with E-state index in [4.69, 9.17) is 24.5 Å². The Labute approximate surface area is 203 Å². The lowest BCUT2D eigenvalue weighted by Gasteiger charge is -2.32. The largest absolute Gasteiger partial charge is 0.379 e. The van der Waals surface area contributed by atoms with Gasteiger partial charge in [-0.2, -0.15) is 0 Å². The van der Waals surface area contributed by atoms with Gasteiger partial charge in [-0.25, -0.2) is 0 Å². The van der Waals surface area contributed by atoms with Crippen LogP contribution in [0.5, 0.6) is 0 Å². The van der Waals surface area contributed by atoms with Gasteiger partial charge in [0.25, 0.3) is 11.8 Å². The fourth-order valence-corrected chi connectivity index (χ4v) is 4.26. The zero-order valence-electron chi connectivity index (χ0n) is 19.6. The summed E-state index contributed by atoms with van der Waals surface area (Å²) >= 11 is 0.